The summed E-state index contributed by atoms with van der Waals surface area (Å²) in [7, 11) is -1.88. The smallest absolute Gasteiger partial charge is 0.253 e. The summed E-state index contributed by atoms with van der Waals surface area (Å²) in [5.41, 5.74) is 0.524. The second-order valence-corrected chi connectivity index (χ2v) is 10.3. The van der Waals surface area contributed by atoms with E-state index in [1.165, 1.54) is 10.7 Å². The van der Waals surface area contributed by atoms with Gasteiger partial charge in [0.05, 0.1) is 11.5 Å². The minimum absolute atomic E-state index is 0.0532. The second-order valence-electron chi connectivity index (χ2n) is 8.29. The zero-order valence-corrected chi connectivity index (χ0v) is 18.6. The summed E-state index contributed by atoms with van der Waals surface area (Å²) in [5, 5.41) is 0. The van der Waals surface area contributed by atoms with Crippen molar-refractivity contribution in [1.29, 1.82) is 0 Å². The van der Waals surface area contributed by atoms with Gasteiger partial charge in [-0.25, -0.2) is 8.42 Å². The molecule has 164 valence electrons. The Morgan fingerprint density at radius 3 is 2.37 bits per heavy atom. The van der Waals surface area contributed by atoms with Gasteiger partial charge < -0.3 is 9.64 Å². The van der Waals surface area contributed by atoms with Gasteiger partial charge in [-0.05, 0) is 55.9 Å². The molecule has 1 amide bonds. The van der Waals surface area contributed by atoms with E-state index in [0.717, 1.165) is 38.5 Å². The van der Waals surface area contributed by atoms with Gasteiger partial charge >= 0.3 is 0 Å². The third-order valence-electron chi connectivity index (χ3n) is 6.31. The zero-order valence-electron chi connectivity index (χ0n) is 17.8. The first-order valence-corrected chi connectivity index (χ1v) is 12.3. The molecule has 1 aliphatic heterocycles. The Kier molecular flexibility index (Phi) is 7.93. The molecule has 0 unspecified atom stereocenters. The number of nitrogens with zero attached hydrogens (tertiary/aromatic N) is 2. The molecule has 0 atom stereocenters. The molecule has 1 aromatic carbocycles. The number of benzene rings is 1. The molecule has 1 heterocycles. The van der Waals surface area contributed by atoms with E-state index in [0.29, 0.717) is 37.8 Å². The number of sulfonamides is 1. The number of ether oxygens (including phenoxy) is 1. The summed E-state index contributed by atoms with van der Waals surface area (Å²) in [6.07, 6.45) is 12.1. The third kappa shape index (κ3) is 5.42. The highest BCUT2D eigenvalue weighted by Crippen LogP contribution is 2.27. The lowest BCUT2D eigenvalue weighted by atomic mass is 9.96. The predicted octanol–water partition coefficient (Wildman–Crippen LogP) is 3.14. The van der Waals surface area contributed by atoms with Gasteiger partial charge in [0.15, 0.2) is 0 Å². The molecule has 1 aliphatic carbocycles. The van der Waals surface area contributed by atoms with Gasteiger partial charge in [0.2, 0.25) is 10.0 Å². The summed E-state index contributed by atoms with van der Waals surface area (Å²) in [5.74, 6) is 2.83. The van der Waals surface area contributed by atoms with E-state index < -0.39 is 10.0 Å². The van der Waals surface area contributed by atoms with Gasteiger partial charge in [-0.15, -0.1) is 6.42 Å². The molecule has 1 saturated carbocycles. The van der Waals surface area contributed by atoms with Gasteiger partial charge in [0, 0.05) is 31.7 Å². The molecule has 3 rings (SSSR count). The maximum Gasteiger partial charge on any atom is 0.253 e. The maximum absolute atomic E-state index is 13.0. The molecule has 6 nitrogen and oxygen atoms in total. The Morgan fingerprint density at radius 2 is 1.77 bits per heavy atom. The monoisotopic (exact) mass is 432 g/mol. The Bertz CT molecular complexity index is 846. The van der Waals surface area contributed by atoms with Crippen molar-refractivity contribution in [3.63, 3.8) is 0 Å². The zero-order chi connectivity index (χ0) is 21.6. The Balaban J connectivity index is 1.58. The van der Waals surface area contributed by atoms with Crippen LogP contribution in [0.4, 0.5) is 0 Å². The Morgan fingerprint density at radius 1 is 1.13 bits per heavy atom. The second kappa shape index (κ2) is 10.4. The summed E-state index contributed by atoms with van der Waals surface area (Å²) in [4.78, 5) is 14.9. The molecule has 30 heavy (non-hydrogen) atoms. The number of likely N-dealkylation sites (tertiary alicyclic amines) is 1. The van der Waals surface area contributed by atoms with Gasteiger partial charge in [0.1, 0.15) is 6.61 Å². The third-order valence-corrected chi connectivity index (χ3v) is 8.23. The topological polar surface area (TPSA) is 66.9 Å². The van der Waals surface area contributed by atoms with Crippen LogP contribution in [0.1, 0.15) is 55.3 Å². The Hall–Kier alpha value is -1.88. The van der Waals surface area contributed by atoms with Crippen molar-refractivity contribution >= 4 is 15.9 Å². The van der Waals surface area contributed by atoms with Crippen LogP contribution in [-0.4, -0.2) is 62.9 Å². The fourth-order valence-electron chi connectivity index (χ4n) is 4.35. The molecule has 2 aliphatic rings. The van der Waals surface area contributed by atoms with Gasteiger partial charge in [-0.2, -0.15) is 4.31 Å². The van der Waals surface area contributed by atoms with Crippen molar-refractivity contribution in [2.75, 3.05) is 33.4 Å². The van der Waals surface area contributed by atoms with Crippen molar-refractivity contribution in [2.24, 2.45) is 5.92 Å². The van der Waals surface area contributed by atoms with Crippen molar-refractivity contribution in [1.82, 2.24) is 9.21 Å². The summed E-state index contributed by atoms with van der Waals surface area (Å²) >= 11 is 0. The molecular weight excluding hydrogens is 400 g/mol. The normalized spacial score (nSPS) is 19.0. The van der Waals surface area contributed by atoms with Crippen LogP contribution in [0, 0.1) is 18.3 Å². The lowest BCUT2D eigenvalue weighted by molar-refractivity contribution is 0.0582. The number of hydrogen-bond donors (Lipinski definition) is 0. The van der Waals surface area contributed by atoms with Gasteiger partial charge in [0.25, 0.3) is 5.91 Å². The van der Waals surface area contributed by atoms with Crippen LogP contribution in [0.2, 0.25) is 0 Å². The summed E-state index contributed by atoms with van der Waals surface area (Å²) in [6.45, 7) is 2.30. The highest BCUT2D eigenvalue weighted by molar-refractivity contribution is 7.89. The van der Waals surface area contributed by atoms with Crippen LogP contribution in [0.3, 0.4) is 0 Å². The van der Waals surface area contributed by atoms with Crippen LogP contribution >= 0.6 is 0 Å². The largest absolute Gasteiger partial charge is 0.369 e. The molecule has 0 spiro atoms. The molecule has 0 radical (unpaired) electrons. The van der Waals surface area contributed by atoms with E-state index in [1.807, 2.05) is 4.90 Å². The fraction of sp³-hybridized carbons (Fsp3) is 0.609. The number of amides is 1. The van der Waals surface area contributed by atoms with Crippen LogP contribution in [-0.2, 0) is 14.8 Å². The molecule has 2 fully saturated rings. The van der Waals surface area contributed by atoms with Crippen LogP contribution in [0.15, 0.2) is 29.2 Å². The number of carbonyl (C=O) groups excluding carboxylic acids is 1. The standard InChI is InChI=1S/C23H32N2O4S/c1-3-17-29-18-19-13-15-25(16-14-19)23(26)20-9-11-22(12-10-20)30(27,28)24(2)21-7-5-4-6-8-21/h1,9-12,19,21H,4-8,13-18H2,2H3. The van der Waals surface area contributed by atoms with E-state index in [1.54, 1.807) is 31.3 Å². The van der Waals surface area contributed by atoms with E-state index >= 15 is 0 Å². The van der Waals surface area contributed by atoms with Crippen molar-refractivity contribution in [3.05, 3.63) is 29.8 Å². The molecule has 7 heteroatoms. The molecule has 1 aromatic rings. The first-order valence-electron chi connectivity index (χ1n) is 10.8. The molecule has 0 bridgehead atoms. The minimum Gasteiger partial charge on any atom is -0.369 e. The van der Waals surface area contributed by atoms with Crippen LogP contribution in [0.5, 0.6) is 0 Å². The van der Waals surface area contributed by atoms with Crippen molar-refractivity contribution in [3.8, 4) is 12.3 Å². The average molecular weight is 433 g/mol. The maximum atomic E-state index is 13.0. The number of terminal acetylenes is 1. The Labute approximate surface area is 180 Å². The number of carbonyl (C=O) groups is 1. The SMILES string of the molecule is C#CCOCC1CCN(C(=O)c2ccc(S(=O)(=O)N(C)C3CCCCC3)cc2)CC1. The number of hydrogen-bond acceptors (Lipinski definition) is 4. The van der Waals surface area contributed by atoms with E-state index in [2.05, 4.69) is 5.92 Å². The minimum atomic E-state index is -3.54. The molecule has 0 aromatic heterocycles. The molecule has 0 N–H and O–H groups in total. The average Bonchev–Trinajstić information content (AvgIpc) is 2.79. The lowest BCUT2D eigenvalue weighted by Crippen LogP contribution is -2.39. The van der Waals surface area contributed by atoms with Crippen molar-refractivity contribution in [2.45, 2.75) is 55.9 Å². The number of rotatable bonds is 7. The highest BCUT2D eigenvalue weighted by Gasteiger charge is 2.29. The van der Waals surface area contributed by atoms with E-state index in [9.17, 15) is 13.2 Å². The van der Waals surface area contributed by atoms with E-state index in [-0.39, 0.29) is 16.8 Å². The molecular formula is C23H32N2O4S. The van der Waals surface area contributed by atoms with Crippen LogP contribution in [0.25, 0.3) is 0 Å². The number of piperidine rings is 1. The van der Waals surface area contributed by atoms with Gasteiger partial charge in [-0.1, -0.05) is 25.2 Å². The summed E-state index contributed by atoms with van der Waals surface area (Å²) < 4.78 is 32.8. The highest BCUT2D eigenvalue weighted by atomic mass is 32.2. The predicted molar refractivity (Wildman–Crippen MR) is 117 cm³/mol. The lowest BCUT2D eigenvalue weighted by Gasteiger charge is -2.32. The first kappa shape index (κ1) is 22.8. The summed E-state index contributed by atoms with van der Waals surface area (Å²) in [6, 6.07) is 6.44. The van der Waals surface area contributed by atoms with Gasteiger partial charge in [-0.3, -0.25) is 4.79 Å². The quantitative estimate of drug-likeness (QED) is 0.490. The van der Waals surface area contributed by atoms with Crippen LogP contribution < -0.4 is 0 Å². The van der Waals surface area contributed by atoms with E-state index in [4.69, 9.17) is 11.2 Å². The molecule has 1 saturated heterocycles. The van der Waals surface area contributed by atoms with Crippen molar-refractivity contribution < 1.29 is 17.9 Å². The fourth-order valence-corrected chi connectivity index (χ4v) is 5.76. The first-order chi connectivity index (χ1) is 14.4.